The fourth-order valence-corrected chi connectivity index (χ4v) is 3.22. The first-order chi connectivity index (χ1) is 13.2. The van der Waals surface area contributed by atoms with E-state index >= 15 is 0 Å². The summed E-state index contributed by atoms with van der Waals surface area (Å²) in [6, 6.07) is 26.9. The highest BCUT2D eigenvalue weighted by molar-refractivity contribution is 5.78. The third kappa shape index (κ3) is 3.85. The van der Waals surface area contributed by atoms with Gasteiger partial charge in [-0.2, -0.15) is 0 Å². The molecule has 4 nitrogen and oxygen atoms in total. The van der Waals surface area contributed by atoms with Crippen molar-refractivity contribution in [1.29, 1.82) is 0 Å². The van der Waals surface area contributed by atoms with Crippen LogP contribution in [0, 0.1) is 0 Å². The SMILES string of the molecule is O=c1[nH]c2ccccc2cc1CN(Cc1ccccc1)c1ccc(O)cc1. The molecule has 4 aromatic rings. The summed E-state index contributed by atoms with van der Waals surface area (Å²) in [5, 5.41) is 10.6. The second kappa shape index (κ2) is 7.38. The number of aromatic hydroxyl groups is 1. The molecule has 0 radical (unpaired) electrons. The Hall–Kier alpha value is -3.53. The molecule has 0 aliphatic carbocycles. The summed E-state index contributed by atoms with van der Waals surface area (Å²) in [5.74, 6) is 0.224. The number of hydrogen-bond donors (Lipinski definition) is 2. The molecule has 0 spiro atoms. The maximum atomic E-state index is 12.6. The van der Waals surface area contributed by atoms with E-state index in [1.807, 2.05) is 60.7 Å². The van der Waals surface area contributed by atoms with Crippen LogP contribution < -0.4 is 10.5 Å². The summed E-state index contributed by atoms with van der Waals surface area (Å²) in [7, 11) is 0. The van der Waals surface area contributed by atoms with E-state index in [9.17, 15) is 9.90 Å². The Bertz CT molecular complexity index is 1100. The lowest BCUT2D eigenvalue weighted by atomic mass is 10.1. The summed E-state index contributed by atoms with van der Waals surface area (Å²) in [6.45, 7) is 1.14. The van der Waals surface area contributed by atoms with Crippen LogP contribution in [0.3, 0.4) is 0 Å². The number of rotatable bonds is 5. The van der Waals surface area contributed by atoms with Gasteiger partial charge in [-0.15, -0.1) is 0 Å². The molecule has 2 N–H and O–H groups in total. The molecule has 0 aliphatic rings. The van der Waals surface area contributed by atoms with Gasteiger partial charge in [0.1, 0.15) is 5.75 Å². The van der Waals surface area contributed by atoms with Crippen molar-refractivity contribution in [3.8, 4) is 5.75 Å². The largest absolute Gasteiger partial charge is 0.508 e. The normalized spacial score (nSPS) is 10.8. The molecule has 0 unspecified atom stereocenters. The van der Waals surface area contributed by atoms with Gasteiger partial charge in [0.25, 0.3) is 5.56 Å². The van der Waals surface area contributed by atoms with Gasteiger partial charge in [-0.05, 0) is 47.3 Å². The number of para-hydroxylation sites is 1. The van der Waals surface area contributed by atoms with Gasteiger partial charge in [-0.1, -0.05) is 48.5 Å². The van der Waals surface area contributed by atoms with E-state index in [0.717, 1.165) is 22.2 Å². The zero-order valence-electron chi connectivity index (χ0n) is 14.8. The first-order valence-electron chi connectivity index (χ1n) is 8.88. The molecular weight excluding hydrogens is 336 g/mol. The molecule has 0 atom stereocenters. The van der Waals surface area contributed by atoms with Crippen molar-refractivity contribution < 1.29 is 5.11 Å². The molecule has 1 heterocycles. The Morgan fingerprint density at radius 3 is 2.30 bits per heavy atom. The lowest BCUT2D eigenvalue weighted by Crippen LogP contribution is -2.26. The topological polar surface area (TPSA) is 56.3 Å². The van der Waals surface area contributed by atoms with Gasteiger partial charge in [0, 0.05) is 29.9 Å². The van der Waals surface area contributed by atoms with E-state index < -0.39 is 0 Å². The van der Waals surface area contributed by atoms with Crippen LogP contribution in [0.2, 0.25) is 0 Å². The van der Waals surface area contributed by atoms with Gasteiger partial charge in [-0.3, -0.25) is 4.79 Å². The number of hydrogen-bond acceptors (Lipinski definition) is 3. The van der Waals surface area contributed by atoms with Gasteiger partial charge in [-0.25, -0.2) is 0 Å². The monoisotopic (exact) mass is 356 g/mol. The number of nitrogens with zero attached hydrogens (tertiary/aromatic N) is 1. The van der Waals surface area contributed by atoms with Gasteiger partial charge in [0.2, 0.25) is 0 Å². The molecule has 0 amide bonds. The van der Waals surface area contributed by atoms with Crippen LogP contribution in [0.25, 0.3) is 10.9 Å². The standard InChI is InChI=1S/C23H20N2O2/c26-21-12-10-20(11-13-21)25(15-17-6-2-1-3-7-17)16-19-14-18-8-4-5-9-22(18)24-23(19)27/h1-14,26H,15-16H2,(H,24,27). The van der Waals surface area contributed by atoms with Crippen LogP contribution in [-0.4, -0.2) is 10.1 Å². The summed E-state index contributed by atoms with van der Waals surface area (Å²) >= 11 is 0. The number of fused-ring (bicyclic) bond motifs is 1. The number of H-pyrrole nitrogens is 1. The van der Waals surface area contributed by atoms with Crippen molar-refractivity contribution in [1.82, 2.24) is 4.98 Å². The van der Waals surface area contributed by atoms with E-state index in [2.05, 4.69) is 22.0 Å². The van der Waals surface area contributed by atoms with Crippen LogP contribution >= 0.6 is 0 Å². The van der Waals surface area contributed by atoms with Crippen LogP contribution in [0.15, 0.2) is 89.7 Å². The number of aromatic nitrogens is 1. The molecule has 0 aliphatic heterocycles. The lowest BCUT2D eigenvalue weighted by molar-refractivity contribution is 0.475. The predicted molar refractivity (Wildman–Crippen MR) is 109 cm³/mol. The minimum atomic E-state index is -0.0782. The number of anilines is 1. The summed E-state index contributed by atoms with van der Waals surface area (Å²) in [4.78, 5) is 17.7. The number of phenolic OH excluding ortho intramolecular Hbond substituents is 1. The van der Waals surface area contributed by atoms with Crippen LogP contribution in [-0.2, 0) is 13.1 Å². The molecule has 27 heavy (non-hydrogen) atoms. The van der Waals surface area contributed by atoms with Gasteiger partial charge in [0.05, 0.1) is 0 Å². The maximum absolute atomic E-state index is 12.6. The molecule has 0 saturated heterocycles. The Morgan fingerprint density at radius 1 is 0.815 bits per heavy atom. The van der Waals surface area contributed by atoms with E-state index in [1.54, 1.807) is 12.1 Å². The van der Waals surface area contributed by atoms with E-state index in [0.29, 0.717) is 18.7 Å². The quantitative estimate of drug-likeness (QED) is 0.556. The predicted octanol–water partition coefficient (Wildman–Crippen LogP) is 4.44. The molecule has 134 valence electrons. The fraction of sp³-hybridized carbons (Fsp3) is 0.0870. The zero-order valence-corrected chi connectivity index (χ0v) is 14.8. The Morgan fingerprint density at radius 2 is 1.52 bits per heavy atom. The highest BCUT2D eigenvalue weighted by atomic mass is 16.3. The molecule has 0 fully saturated rings. The second-order valence-electron chi connectivity index (χ2n) is 6.57. The smallest absolute Gasteiger partial charge is 0.253 e. The highest BCUT2D eigenvalue weighted by Gasteiger charge is 2.12. The number of benzene rings is 3. The third-order valence-electron chi connectivity index (χ3n) is 4.62. The van der Waals surface area contributed by atoms with Gasteiger partial charge >= 0.3 is 0 Å². The van der Waals surface area contributed by atoms with Crippen molar-refractivity contribution in [2.45, 2.75) is 13.1 Å². The van der Waals surface area contributed by atoms with Gasteiger partial charge in [0.15, 0.2) is 0 Å². The summed E-state index contributed by atoms with van der Waals surface area (Å²) in [5.41, 5.74) is 3.57. The molecule has 3 aromatic carbocycles. The second-order valence-corrected chi connectivity index (χ2v) is 6.57. The molecule has 0 bridgehead atoms. The number of aromatic amines is 1. The minimum absolute atomic E-state index is 0.0782. The van der Waals surface area contributed by atoms with Crippen molar-refractivity contribution in [3.05, 3.63) is 106 Å². The number of nitrogens with one attached hydrogen (secondary N) is 1. The molecule has 4 heteroatoms. The van der Waals surface area contributed by atoms with Crippen molar-refractivity contribution >= 4 is 16.6 Å². The van der Waals surface area contributed by atoms with Crippen molar-refractivity contribution in [3.63, 3.8) is 0 Å². The van der Waals surface area contributed by atoms with E-state index in [-0.39, 0.29) is 11.3 Å². The van der Waals surface area contributed by atoms with E-state index in [1.165, 1.54) is 0 Å². The molecule has 0 saturated carbocycles. The Balaban J connectivity index is 1.71. The van der Waals surface area contributed by atoms with E-state index in [4.69, 9.17) is 0 Å². The summed E-state index contributed by atoms with van der Waals surface area (Å²) in [6.07, 6.45) is 0. The van der Waals surface area contributed by atoms with Crippen molar-refractivity contribution in [2.24, 2.45) is 0 Å². The fourth-order valence-electron chi connectivity index (χ4n) is 3.22. The van der Waals surface area contributed by atoms with Crippen molar-refractivity contribution in [2.75, 3.05) is 4.90 Å². The Labute approximate surface area is 157 Å². The Kier molecular flexibility index (Phi) is 4.62. The average Bonchev–Trinajstić information content (AvgIpc) is 2.69. The van der Waals surface area contributed by atoms with Gasteiger partial charge < -0.3 is 15.0 Å². The number of pyridine rings is 1. The average molecular weight is 356 g/mol. The first-order valence-corrected chi connectivity index (χ1v) is 8.88. The molecule has 4 rings (SSSR count). The molecular formula is C23H20N2O2. The zero-order chi connectivity index (χ0) is 18.6. The summed E-state index contributed by atoms with van der Waals surface area (Å²) < 4.78 is 0. The third-order valence-corrected chi connectivity index (χ3v) is 4.62. The highest BCUT2D eigenvalue weighted by Crippen LogP contribution is 2.23. The maximum Gasteiger partial charge on any atom is 0.253 e. The molecule has 1 aromatic heterocycles. The minimum Gasteiger partial charge on any atom is -0.508 e. The first kappa shape index (κ1) is 16.9. The van der Waals surface area contributed by atoms with Crippen LogP contribution in [0.4, 0.5) is 5.69 Å². The van der Waals surface area contributed by atoms with Crippen LogP contribution in [0.1, 0.15) is 11.1 Å². The van der Waals surface area contributed by atoms with Crippen LogP contribution in [0.5, 0.6) is 5.75 Å². The number of phenols is 1. The lowest BCUT2D eigenvalue weighted by Gasteiger charge is -2.25.